The Morgan fingerprint density at radius 2 is 1.82 bits per heavy atom. The van der Waals surface area contributed by atoms with Gasteiger partial charge in [0.05, 0.1) is 0 Å². The molecule has 1 unspecified atom stereocenters. The molecule has 0 aromatic rings. The molecule has 0 heterocycles. The van der Waals surface area contributed by atoms with E-state index in [9.17, 15) is 0 Å². The molecular formula is C10H19Br. The highest BCUT2D eigenvalue weighted by atomic mass is 79.9. The minimum atomic E-state index is 0.699. The Kier molecular flexibility index (Phi) is 3.02. The van der Waals surface area contributed by atoms with Crippen LogP contribution < -0.4 is 0 Å². The highest BCUT2D eigenvalue weighted by Gasteiger charge is 2.45. The first-order valence-electron chi connectivity index (χ1n) is 4.71. The molecule has 0 aliphatic heterocycles. The third kappa shape index (κ3) is 2.47. The monoisotopic (exact) mass is 218 g/mol. The van der Waals surface area contributed by atoms with Crippen molar-refractivity contribution in [1.29, 1.82) is 0 Å². The minimum Gasteiger partial charge on any atom is -0.0888 e. The molecule has 1 atom stereocenters. The van der Waals surface area contributed by atoms with Crippen molar-refractivity contribution < 1.29 is 0 Å². The Morgan fingerprint density at radius 1 is 1.27 bits per heavy atom. The lowest BCUT2D eigenvalue weighted by molar-refractivity contribution is 0.406. The molecule has 1 aliphatic carbocycles. The van der Waals surface area contributed by atoms with Gasteiger partial charge in [-0.1, -0.05) is 43.1 Å². The van der Waals surface area contributed by atoms with Crippen LogP contribution >= 0.6 is 15.9 Å². The Balaban J connectivity index is 2.25. The van der Waals surface area contributed by atoms with Crippen LogP contribution in [0.25, 0.3) is 0 Å². The van der Waals surface area contributed by atoms with Crippen LogP contribution in [0.1, 0.15) is 46.5 Å². The van der Waals surface area contributed by atoms with Crippen molar-refractivity contribution in [2.24, 2.45) is 11.3 Å². The first kappa shape index (κ1) is 9.57. The lowest BCUT2D eigenvalue weighted by atomic mass is 9.93. The van der Waals surface area contributed by atoms with Gasteiger partial charge in [-0.3, -0.25) is 0 Å². The van der Waals surface area contributed by atoms with E-state index in [4.69, 9.17) is 0 Å². The molecule has 1 heteroatoms. The lowest BCUT2D eigenvalue weighted by Crippen LogP contribution is -2.12. The van der Waals surface area contributed by atoms with Gasteiger partial charge in [-0.25, -0.2) is 0 Å². The third-order valence-electron chi connectivity index (χ3n) is 2.96. The first-order valence-corrected chi connectivity index (χ1v) is 5.62. The summed E-state index contributed by atoms with van der Waals surface area (Å²) in [6.45, 7) is 6.93. The van der Waals surface area contributed by atoms with E-state index in [1.54, 1.807) is 0 Å². The Bertz CT molecular complexity index is 123. The summed E-state index contributed by atoms with van der Waals surface area (Å²) in [6.07, 6.45) is 5.73. The predicted molar refractivity (Wildman–Crippen MR) is 54.1 cm³/mol. The normalized spacial score (nSPS) is 23.7. The number of rotatable bonds is 4. The summed E-state index contributed by atoms with van der Waals surface area (Å²) >= 11 is 3.71. The van der Waals surface area contributed by atoms with E-state index < -0.39 is 0 Å². The molecule has 0 aromatic carbocycles. The zero-order chi connectivity index (χ0) is 8.48. The maximum Gasteiger partial charge on any atom is 0.0173 e. The van der Waals surface area contributed by atoms with Gasteiger partial charge < -0.3 is 0 Å². The van der Waals surface area contributed by atoms with Crippen LogP contribution in [0.15, 0.2) is 0 Å². The summed E-state index contributed by atoms with van der Waals surface area (Å²) in [4.78, 5) is 0.730. The minimum absolute atomic E-state index is 0.699. The van der Waals surface area contributed by atoms with Crippen molar-refractivity contribution in [3.05, 3.63) is 0 Å². The summed E-state index contributed by atoms with van der Waals surface area (Å²) in [7, 11) is 0. The van der Waals surface area contributed by atoms with Gasteiger partial charge in [0.25, 0.3) is 0 Å². The van der Waals surface area contributed by atoms with E-state index in [-0.39, 0.29) is 0 Å². The molecule has 0 nitrogen and oxygen atoms in total. The second kappa shape index (κ2) is 3.47. The molecule has 1 fully saturated rings. The van der Waals surface area contributed by atoms with Gasteiger partial charge in [-0.2, -0.15) is 0 Å². The Hall–Kier alpha value is 0.480. The predicted octanol–water partition coefficient (Wildman–Crippen LogP) is 3.99. The fourth-order valence-electron chi connectivity index (χ4n) is 1.58. The largest absolute Gasteiger partial charge is 0.0888 e. The van der Waals surface area contributed by atoms with Gasteiger partial charge in [-0.05, 0) is 30.6 Å². The molecule has 0 radical (unpaired) electrons. The molecule has 0 spiro atoms. The number of hydrogen-bond acceptors (Lipinski definition) is 0. The SMILES string of the molecule is CC(C)CCC1(C(C)Br)CC1. The number of alkyl halides is 1. The van der Waals surface area contributed by atoms with E-state index in [1.165, 1.54) is 25.7 Å². The summed E-state index contributed by atoms with van der Waals surface area (Å²) in [5.41, 5.74) is 0.699. The zero-order valence-electron chi connectivity index (χ0n) is 7.86. The van der Waals surface area contributed by atoms with Gasteiger partial charge in [-0.15, -0.1) is 0 Å². The van der Waals surface area contributed by atoms with E-state index >= 15 is 0 Å². The molecule has 0 bridgehead atoms. The van der Waals surface area contributed by atoms with E-state index in [1.807, 2.05) is 0 Å². The van der Waals surface area contributed by atoms with Gasteiger partial charge >= 0.3 is 0 Å². The van der Waals surface area contributed by atoms with Gasteiger partial charge in [0.1, 0.15) is 0 Å². The van der Waals surface area contributed by atoms with Crippen LogP contribution in [0.2, 0.25) is 0 Å². The highest BCUT2D eigenvalue weighted by molar-refractivity contribution is 9.09. The number of hydrogen-bond donors (Lipinski definition) is 0. The van der Waals surface area contributed by atoms with Gasteiger partial charge in [0.2, 0.25) is 0 Å². The maximum atomic E-state index is 3.71. The van der Waals surface area contributed by atoms with E-state index in [0.29, 0.717) is 5.41 Å². The van der Waals surface area contributed by atoms with Crippen molar-refractivity contribution in [2.45, 2.75) is 51.3 Å². The van der Waals surface area contributed by atoms with E-state index in [2.05, 4.69) is 36.7 Å². The maximum absolute atomic E-state index is 3.71. The van der Waals surface area contributed by atoms with Crippen LogP contribution in [0.4, 0.5) is 0 Å². The number of halogens is 1. The molecule has 0 N–H and O–H groups in total. The molecule has 11 heavy (non-hydrogen) atoms. The van der Waals surface area contributed by atoms with Crippen LogP contribution in [0.5, 0.6) is 0 Å². The third-order valence-corrected chi connectivity index (χ3v) is 3.93. The van der Waals surface area contributed by atoms with Crippen molar-refractivity contribution in [1.82, 2.24) is 0 Å². The fraction of sp³-hybridized carbons (Fsp3) is 1.00. The van der Waals surface area contributed by atoms with Crippen LogP contribution in [0, 0.1) is 11.3 Å². The fourth-order valence-corrected chi connectivity index (χ4v) is 2.27. The molecule has 1 rings (SSSR count). The Morgan fingerprint density at radius 3 is 2.09 bits per heavy atom. The second-order valence-corrected chi connectivity index (χ2v) is 5.78. The summed E-state index contributed by atoms with van der Waals surface area (Å²) in [6, 6.07) is 0. The molecule has 66 valence electrons. The van der Waals surface area contributed by atoms with Gasteiger partial charge in [0, 0.05) is 4.83 Å². The van der Waals surface area contributed by atoms with Crippen molar-refractivity contribution in [2.75, 3.05) is 0 Å². The van der Waals surface area contributed by atoms with Crippen LogP contribution in [-0.2, 0) is 0 Å². The zero-order valence-corrected chi connectivity index (χ0v) is 9.45. The van der Waals surface area contributed by atoms with Crippen molar-refractivity contribution in [3.63, 3.8) is 0 Å². The van der Waals surface area contributed by atoms with Crippen LogP contribution in [-0.4, -0.2) is 4.83 Å². The molecular weight excluding hydrogens is 200 g/mol. The molecule has 0 amide bonds. The molecule has 1 saturated carbocycles. The summed E-state index contributed by atoms with van der Waals surface area (Å²) < 4.78 is 0. The second-order valence-electron chi connectivity index (χ2n) is 4.41. The highest BCUT2D eigenvalue weighted by Crippen LogP contribution is 2.55. The molecule has 0 saturated heterocycles. The summed E-state index contributed by atoms with van der Waals surface area (Å²) in [5, 5.41) is 0. The van der Waals surface area contributed by atoms with Gasteiger partial charge in [0.15, 0.2) is 0 Å². The average molecular weight is 219 g/mol. The van der Waals surface area contributed by atoms with Crippen molar-refractivity contribution in [3.8, 4) is 0 Å². The summed E-state index contributed by atoms with van der Waals surface area (Å²) in [5.74, 6) is 0.874. The molecule has 1 aliphatic rings. The van der Waals surface area contributed by atoms with Crippen LogP contribution in [0.3, 0.4) is 0 Å². The average Bonchev–Trinajstić information content (AvgIpc) is 2.63. The quantitative estimate of drug-likeness (QED) is 0.627. The first-order chi connectivity index (χ1) is 5.07. The topological polar surface area (TPSA) is 0 Å². The van der Waals surface area contributed by atoms with E-state index in [0.717, 1.165) is 10.7 Å². The standard InChI is InChI=1S/C10H19Br/c1-8(2)4-5-10(6-7-10)9(3)11/h8-9H,4-7H2,1-3H3. The van der Waals surface area contributed by atoms with Crippen molar-refractivity contribution >= 4 is 15.9 Å². The molecule has 0 aromatic heterocycles. The smallest absolute Gasteiger partial charge is 0.0173 e. The lowest BCUT2D eigenvalue weighted by Gasteiger charge is -2.18. The Labute approximate surface area is 78.9 Å².